The quantitative estimate of drug-likeness (QED) is 0.875. The average Bonchev–Trinajstić information content (AvgIpc) is 3.30. The van der Waals surface area contributed by atoms with Gasteiger partial charge < -0.3 is 14.7 Å². The third-order valence-corrected chi connectivity index (χ3v) is 6.09. The molecule has 2 aliphatic heterocycles. The van der Waals surface area contributed by atoms with E-state index in [0.717, 1.165) is 30.0 Å². The fourth-order valence-corrected chi connectivity index (χ4v) is 4.88. The highest BCUT2D eigenvalue weighted by molar-refractivity contribution is 7.15. The Labute approximate surface area is 157 Å². The van der Waals surface area contributed by atoms with Gasteiger partial charge in [-0.2, -0.15) is 0 Å². The van der Waals surface area contributed by atoms with Gasteiger partial charge in [0.1, 0.15) is 0 Å². The summed E-state index contributed by atoms with van der Waals surface area (Å²) in [6, 6.07) is 0.172. The number of nitrogens with zero attached hydrogens (tertiary/aromatic N) is 4. The van der Waals surface area contributed by atoms with E-state index in [1.807, 2.05) is 34.7 Å². The van der Waals surface area contributed by atoms with Crippen molar-refractivity contribution in [1.82, 2.24) is 19.2 Å². The van der Waals surface area contributed by atoms with Crippen LogP contribution in [0.3, 0.4) is 0 Å². The minimum Gasteiger partial charge on any atom is -0.395 e. The molecule has 2 fully saturated rings. The molecule has 2 aliphatic rings. The second-order valence-corrected chi connectivity index (χ2v) is 8.25. The maximum atomic E-state index is 13.2. The standard InChI is InChI=1S/C18H26N4O3S/c1-12-8-21(9-13(2)25-12)17(24)16-15(22-6-7-26-18(22)19-16)10-20-5-3-4-14(20)11-23/h6-7,12-14,23H,3-5,8-11H2,1-2H3/t12-,13+,14-/m0/s1. The maximum absolute atomic E-state index is 13.2. The topological polar surface area (TPSA) is 70.3 Å². The summed E-state index contributed by atoms with van der Waals surface area (Å²) in [5, 5.41) is 11.6. The van der Waals surface area contributed by atoms with E-state index < -0.39 is 0 Å². The number of thiazole rings is 1. The number of likely N-dealkylation sites (tertiary alicyclic amines) is 1. The molecule has 4 rings (SSSR count). The molecule has 0 bridgehead atoms. The minimum atomic E-state index is -0.0161. The lowest BCUT2D eigenvalue weighted by Gasteiger charge is -2.35. The number of hydrogen-bond donors (Lipinski definition) is 1. The first kappa shape index (κ1) is 17.9. The van der Waals surface area contributed by atoms with Crippen LogP contribution in [0.5, 0.6) is 0 Å². The molecule has 2 aromatic heterocycles. The monoisotopic (exact) mass is 378 g/mol. The third kappa shape index (κ3) is 3.26. The van der Waals surface area contributed by atoms with Crippen LogP contribution in [0, 0.1) is 0 Å². The first-order chi connectivity index (χ1) is 12.6. The van der Waals surface area contributed by atoms with E-state index in [-0.39, 0.29) is 30.8 Å². The number of imidazole rings is 1. The summed E-state index contributed by atoms with van der Waals surface area (Å²) in [5.74, 6) is -0.0161. The van der Waals surface area contributed by atoms with Crippen molar-refractivity contribution in [3.8, 4) is 0 Å². The highest BCUT2D eigenvalue weighted by Gasteiger charge is 2.32. The lowest BCUT2D eigenvalue weighted by atomic mass is 10.2. The van der Waals surface area contributed by atoms with Crippen molar-refractivity contribution in [2.75, 3.05) is 26.2 Å². The van der Waals surface area contributed by atoms with Gasteiger partial charge >= 0.3 is 0 Å². The van der Waals surface area contributed by atoms with E-state index in [0.29, 0.717) is 25.3 Å². The summed E-state index contributed by atoms with van der Waals surface area (Å²) in [6.07, 6.45) is 4.13. The van der Waals surface area contributed by atoms with Gasteiger partial charge in [0.15, 0.2) is 10.7 Å². The zero-order valence-corrected chi connectivity index (χ0v) is 16.1. The molecule has 2 aromatic rings. The number of aromatic nitrogens is 2. The summed E-state index contributed by atoms with van der Waals surface area (Å²) >= 11 is 1.54. The van der Waals surface area contributed by atoms with Crippen LogP contribution in [0.15, 0.2) is 11.6 Å². The second-order valence-electron chi connectivity index (χ2n) is 7.38. The molecule has 1 N–H and O–H groups in total. The van der Waals surface area contributed by atoms with Gasteiger partial charge in [-0.3, -0.25) is 14.1 Å². The van der Waals surface area contributed by atoms with Crippen LogP contribution in [0.2, 0.25) is 0 Å². The van der Waals surface area contributed by atoms with Crippen LogP contribution in [0.4, 0.5) is 0 Å². The summed E-state index contributed by atoms with van der Waals surface area (Å²) in [6.45, 7) is 6.93. The van der Waals surface area contributed by atoms with Crippen LogP contribution in [0.1, 0.15) is 42.9 Å². The normalized spacial score (nSPS) is 27.5. The zero-order valence-electron chi connectivity index (χ0n) is 15.3. The second kappa shape index (κ2) is 7.26. The van der Waals surface area contributed by atoms with Crippen molar-refractivity contribution in [2.24, 2.45) is 0 Å². The molecule has 3 atom stereocenters. The Morgan fingerprint density at radius 1 is 1.38 bits per heavy atom. The molecule has 0 aromatic carbocycles. The molecule has 7 nitrogen and oxygen atoms in total. The largest absolute Gasteiger partial charge is 0.395 e. The van der Waals surface area contributed by atoms with Crippen molar-refractivity contribution in [3.63, 3.8) is 0 Å². The Morgan fingerprint density at radius 3 is 2.88 bits per heavy atom. The number of amides is 1. The van der Waals surface area contributed by atoms with Crippen molar-refractivity contribution in [2.45, 2.75) is 51.5 Å². The van der Waals surface area contributed by atoms with Gasteiger partial charge in [-0.25, -0.2) is 4.98 Å². The molecule has 0 saturated carbocycles. The molecule has 0 unspecified atom stereocenters. The van der Waals surface area contributed by atoms with E-state index in [4.69, 9.17) is 4.74 Å². The highest BCUT2D eigenvalue weighted by Crippen LogP contribution is 2.25. The lowest BCUT2D eigenvalue weighted by Crippen LogP contribution is -2.48. The Bertz CT molecular complexity index is 779. The van der Waals surface area contributed by atoms with Crippen molar-refractivity contribution in [1.29, 1.82) is 0 Å². The van der Waals surface area contributed by atoms with Gasteiger partial charge in [0.25, 0.3) is 5.91 Å². The van der Waals surface area contributed by atoms with Crippen LogP contribution < -0.4 is 0 Å². The Kier molecular flexibility index (Phi) is 5.00. The molecule has 4 heterocycles. The summed E-state index contributed by atoms with van der Waals surface area (Å²) in [5.41, 5.74) is 1.47. The molecular formula is C18H26N4O3S. The van der Waals surface area contributed by atoms with Gasteiger partial charge in [0.05, 0.1) is 24.5 Å². The number of rotatable bonds is 4. The maximum Gasteiger partial charge on any atom is 0.274 e. The van der Waals surface area contributed by atoms with E-state index in [2.05, 4.69) is 9.88 Å². The van der Waals surface area contributed by atoms with Crippen LogP contribution in [-0.4, -0.2) is 74.7 Å². The highest BCUT2D eigenvalue weighted by atomic mass is 32.1. The number of aliphatic hydroxyl groups is 1. The number of morpholine rings is 1. The summed E-state index contributed by atoms with van der Waals surface area (Å²) < 4.78 is 7.79. The van der Waals surface area contributed by atoms with Gasteiger partial charge in [-0.15, -0.1) is 11.3 Å². The lowest BCUT2D eigenvalue weighted by molar-refractivity contribution is -0.0587. The van der Waals surface area contributed by atoms with Gasteiger partial charge in [0.2, 0.25) is 0 Å². The van der Waals surface area contributed by atoms with Gasteiger partial charge in [-0.1, -0.05) is 0 Å². The molecule has 0 spiro atoms. The Balaban J connectivity index is 1.64. The van der Waals surface area contributed by atoms with Crippen molar-refractivity contribution < 1.29 is 14.6 Å². The first-order valence-corrected chi connectivity index (χ1v) is 10.2. The predicted molar refractivity (Wildman–Crippen MR) is 99.5 cm³/mol. The van der Waals surface area contributed by atoms with Crippen LogP contribution in [0.25, 0.3) is 4.96 Å². The molecule has 8 heteroatoms. The average molecular weight is 378 g/mol. The van der Waals surface area contributed by atoms with Crippen molar-refractivity contribution >= 4 is 22.2 Å². The minimum absolute atomic E-state index is 0.0161. The molecule has 0 radical (unpaired) electrons. The number of carbonyl (C=O) groups excluding carboxylic acids is 1. The van der Waals surface area contributed by atoms with E-state index in [9.17, 15) is 9.90 Å². The van der Waals surface area contributed by atoms with E-state index >= 15 is 0 Å². The van der Waals surface area contributed by atoms with Crippen LogP contribution in [-0.2, 0) is 11.3 Å². The summed E-state index contributed by atoms with van der Waals surface area (Å²) in [4.78, 5) is 22.9. The molecular weight excluding hydrogens is 352 g/mol. The predicted octanol–water partition coefficient (Wildman–Crippen LogP) is 1.60. The molecule has 142 valence electrons. The third-order valence-electron chi connectivity index (χ3n) is 5.33. The molecule has 1 amide bonds. The Morgan fingerprint density at radius 2 is 2.15 bits per heavy atom. The molecule has 2 saturated heterocycles. The Hall–Kier alpha value is -1.48. The van der Waals surface area contributed by atoms with E-state index in [1.165, 1.54) is 0 Å². The number of hydrogen-bond acceptors (Lipinski definition) is 6. The number of aliphatic hydroxyl groups excluding tert-OH is 1. The smallest absolute Gasteiger partial charge is 0.274 e. The fraction of sp³-hybridized carbons (Fsp3) is 0.667. The van der Waals surface area contributed by atoms with Gasteiger partial charge in [-0.05, 0) is 33.2 Å². The first-order valence-electron chi connectivity index (χ1n) is 9.31. The van der Waals surface area contributed by atoms with Gasteiger partial charge in [0, 0.05) is 37.3 Å². The van der Waals surface area contributed by atoms with E-state index in [1.54, 1.807) is 11.3 Å². The zero-order chi connectivity index (χ0) is 18.3. The molecule has 0 aliphatic carbocycles. The summed E-state index contributed by atoms with van der Waals surface area (Å²) in [7, 11) is 0. The molecule has 26 heavy (non-hydrogen) atoms. The number of carbonyl (C=O) groups is 1. The fourth-order valence-electron chi connectivity index (χ4n) is 4.15. The van der Waals surface area contributed by atoms with Crippen molar-refractivity contribution in [3.05, 3.63) is 23.0 Å². The number of fused-ring (bicyclic) bond motifs is 1. The SMILES string of the molecule is C[C@@H]1CN(C(=O)c2nc3sccn3c2CN2CCC[C@H]2CO)C[C@H](C)O1. The van der Waals surface area contributed by atoms with Crippen LogP contribution >= 0.6 is 11.3 Å². The number of ether oxygens (including phenoxy) is 1.